The molecule has 0 bridgehead atoms. The largest absolute Gasteiger partial charge is 0.492 e. The summed E-state index contributed by atoms with van der Waals surface area (Å²) in [5.74, 6) is 0.817. The first-order valence-corrected chi connectivity index (χ1v) is 8.53. The van der Waals surface area contributed by atoms with Gasteiger partial charge in [0, 0.05) is 39.3 Å². The van der Waals surface area contributed by atoms with E-state index in [2.05, 4.69) is 31.5 Å². The van der Waals surface area contributed by atoms with Crippen molar-refractivity contribution in [1.82, 2.24) is 15.5 Å². The number of aryl methyl sites for hydroxylation is 1. The number of nitrogens with zero attached hydrogens (tertiary/aromatic N) is 1. The maximum absolute atomic E-state index is 11.8. The van der Waals surface area contributed by atoms with Crippen molar-refractivity contribution in [2.75, 3.05) is 45.9 Å². The Balaban J connectivity index is 1.59. The molecule has 1 saturated heterocycles. The molecule has 1 fully saturated rings. The molecule has 0 radical (unpaired) electrons. The molecule has 1 aliphatic rings. The van der Waals surface area contributed by atoms with Crippen molar-refractivity contribution >= 4 is 21.8 Å². The third-order valence-electron chi connectivity index (χ3n) is 3.63. The first-order valence-electron chi connectivity index (χ1n) is 7.74. The molecule has 1 heterocycles. The Morgan fingerprint density at radius 1 is 1.41 bits per heavy atom. The molecule has 0 spiro atoms. The van der Waals surface area contributed by atoms with Crippen LogP contribution in [0.3, 0.4) is 0 Å². The van der Waals surface area contributed by atoms with Gasteiger partial charge in [-0.1, -0.05) is 6.07 Å². The smallest absolute Gasteiger partial charge is 0.223 e. The van der Waals surface area contributed by atoms with Crippen LogP contribution in [0.25, 0.3) is 0 Å². The van der Waals surface area contributed by atoms with Gasteiger partial charge in [0.15, 0.2) is 0 Å². The fourth-order valence-electron chi connectivity index (χ4n) is 2.35. The molecule has 0 saturated carbocycles. The van der Waals surface area contributed by atoms with Gasteiger partial charge in [0.2, 0.25) is 5.91 Å². The number of benzene rings is 1. The van der Waals surface area contributed by atoms with E-state index in [9.17, 15) is 4.79 Å². The van der Waals surface area contributed by atoms with Gasteiger partial charge < -0.3 is 15.4 Å². The number of piperazine rings is 1. The molecule has 0 unspecified atom stereocenters. The van der Waals surface area contributed by atoms with Crippen LogP contribution >= 0.6 is 15.9 Å². The number of halogens is 1. The van der Waals surface area contributed by atoms with E-state index in [1.165, 1.54) is 5.56 Å². The summed E-state index contributed by atoms with van der Waals surface area (Å²) in [6, 6.07) is 5.91. The number of hydrogen-bond acceptors (Lipinski definition) is 4. The van der Waals surface area contributed by atoms with Crippen LogP contribution in [0.4, 0.5) is 0 Å². The number of carbonyl (C=O) groups is 1. The lowest BCUT2D eigenvalue weighted by Crippen LogP contribution is -2.46. The summed E-state index contributed by atoms with van der Waals surface area (Å²) in [7, 11) is 0. The third-order valence-corrected chi connectivity index (χ3v) is 4.25. The second-order valence-corrected chi connectivity index (χ2v) is 6.33. The van der Waals surface area contributed by atoms with Crippen LogP contribution in [-0.4, -0.2) is 56.7 Å². The molecule has 0 aromatic heterocycles. The third kappa shape index (κ3) is 5.94. The number of nitrogens with one attached hydrogen (secondary N) is 2. The van der Waals surface area contributed by atoms with Gasteiger partial charge in [0.25, 0.3) is 0 Å². The highest BCUT2D eigenvalue weighted by atomic mass is 79.9. The minimum atomic E-state index is 0.0402. The van der Waals surface area contributed by atoms with E-state index in [4.69, 9.17) is 4.74 Å². The van der Waals surface area contributed by atoms with Gasteiger partial charge >= 0.3 is 0 Å². The van der Waals surface area contributed by atoms with Crippen molar-refractivity contribution in [3.63, 3.8) is 0 Å². The van der Waals surface area contributed by atoms with Gasteiger partial charge in [-0.05, 0) is 40.5 Å². The zero-order valence-electron chi connectivity index (χ0n) is 13.0. The summed E-state index contributed by atoms with van der Waals surface area (Å²) in [4.78, 5) is 14.1. The molecule has 2 rings (SSSR count). The lowest BCUT2D eigenvalue weighted by Gasteiger charge is -2.27. The fraction of sp³-hybridized carbons (Fsp3) is 0.562. The monoisotopic (exact) mass is 369 g/mol. The fourth-order valence-corrected chi connectivity index (χ4v) is 2.96. The molecule has 1 aromatic rings. The van der Waals surface area contributed by atoms with E-state index in [0.29, 0.717) is 19.6 Å². The van der Waals surface area contributed by atoms with Gasteiger partial charge in [-0.15, -0.1) is 0 Å². The first kappa shape index (κ1) is 17.2. The Hall–Kier alpha value is -1.11. The van der Waals surface area contributed by atoms with E-state index in [1.54, 1.807) is 0 Å². The molecular weight excluding hydrogens is 346 g/mol. The quantitative estimate of drug-likeness (QED) is 0.765. The molecule has 5 nitrogen and oxygen atoms in total. The molecule has 2 N–H and O–H groups in total. The number of ether oxygens (including phenoxy) is 1. The Morgan fingerprint density at radius 3 is 2.91 bits per heavy atom. The highest BCUT2D eigenvalue weighted by Gasteiger charge is 2.09. The molecule has 6 heteroatoms. The Kier molecular flexibility index (Phi) is 7.15. The van der Waals surface area contributed by atoms with Crippen LogP contribution in [-0.2, 0) is 4.79 Å². The molecule has 22 heavy (non-hydrogen) atoms. The van der Waals surface area contributed by atoms with Crippen molar-refractivity contribution in [3.8, 4) is 5.75 Å². The molecule has 0 aliphatic carbocycles. The predicted molar refractivity (Wildman–Crippen MR) is 91.3 cm³/mol. The maximum Gasteiger partial charge on any atom is 0.223 e. The number of amides is 1. The van der Waals surface area contributed by atoms with Crippen molar-refractivity contribution in [1.29, 1.82) is 0 Å². The van der Waals surface area contributed by atoms with E-state index >= 15 is 0 Å². The number of rotatable bonds is 7. The average Bonchev–Trinajstić information content (AvgIpc) is 2.50. The van der Waals surface area contributed by atoms with Crippen molar-refractivity contribution in [2.45, 2.75) is 13.3 Å². The van der Waals surface area contributed by atoms with E-state index in [-0.39, 0.29) is 5.91 Å². The molecule has 122 valence electrons. The van der Waals surface area contributed by atoms with Crippen molar-refractivity contribution in [3.05, 3.63) is 28.2 Å². The summed E-state index contributed by atoms with van der Waals surface area (Å²) in [6.45, 7) is 8.22. The summed E-state index contributed by atoms with van der Waals surface area (Å²) >= 11 is 3.46. The van der Waals surface area contributed by atoms with Crippen LogP contribution in [0, 0.1) is 6.92 Å². The van der Waals surface area contributed by atoms with Crippen LogP contribution in [0.5, 0.6) is 5.75 Å². The second-order valence-electron chi connectivity index (χ2n) is 5.47. The standard InChI is InChI=1S/C16H24BrN3O2/c1-13-2-3-15(14(17)12-13)22-11-4-16(21)19-7-10-20-8-5-18-6-9-20/h2-3,12,18H,4-11H2,1H3,(H,19,21). The first-order chi connectivity index (χ1) is 10.6. The molecule has 0 atom stereocenters. The van der Waals surface area contributed by atoms with E-state index in [1.807, 2.05) is 25.1 Å². The topological polar surface area (TPSA) is 53.6 Å². The summed E-state index contributed by atoms with van der Waals surface area (Å²) in [6.07, 6.45) is 0.377. The van der Waals surface area contributed by atoms with Crippen LogP contribution in [0.2, 0.25) is 0 Å². The lowest BCUT2D eigenvalue weighted by atomic mass is 10.2. The molecule has 1 aromatic carbocycles. The van der Waals surface area contributed by atoms with Gasteiger partial charge in [0.05, 0.1) is 17.5 Å². The van der Waals surface area contributed by atoms with E-state index < -0.39 is 0 Å². The van der Waals surface area contributed by atoms with Gasteiger partial charge in [0.1, 0.15) is 5.75 Å². The summed E-state index contributed by atoms with van der Waals surface area (Å²) < 4.78 is 6.56. The van der Waals surface area contributed by atoms with Crippen molar-refractivity contribution in [2.24, 2.45) is 0 Å². The lowest BCUT2D eigenvalue weighted by molar-refractivity contribution is -0.121. The number of carbonyl (C=O) groups excluding carboxylic acids is 1. The summed E-state index contributed by atoms with van der Waals surface area (Å²) in [5, 5.41) is 6.26. The van der Waals surface area contributed by atoms with Crippen LogP contribution in [0.1, 0.15) is 12.0 Å². The minimum Gasteiger partial charge on any atom is -0.492 e. The molecular formula is C16H24BrN3O2. The SMILES string of the molecule is Cc1ccc(OCCC(=O)NCCN2CCNCC2)c(Br)c1. The Labute approximate surface area is 140 Å². The van der Waals surface area contributed by atoms with Crippen LogP contribution in [0.15, 0.2) is 22.7 Å². The Morgan fingerprint density at radius 2 is 2.18 bits per heavy atom. The maximum atomic E-state index is 11.8. The van der Waals surface area contributed by atoms with E-state index in [0.717, 1.165) is 42.9 Å². The normalized spacial score (nSPS) is 15.5. The zero-order chi connectivity index (χ0) is 15.8. The average molecular weight is 370 g/mol. The molecule has 1 amide bonds. The highest BCUT2D eigenvalue weighted by Crippen LogP contribution is 2.25. The summed E-state index contributed by atoms with van der Waals surface area (Å²) in [5.41, 5.74) is 1.17. The van der Waals surface area contributed by atoms with Crippen LogP contribution < -0.4 is 15.4 Å². The van der Waals surface area contributed by atoms with Gasteiger partial charge in [-0.3, -0.25) is 9.69 Å². The second kappa shape index (κ2) is 9.12. The van der Waals surface area contributed by atoms with Gasteiger partial charge in [-0.2, -0.15) is 0 Å². The minimum absolute atomic E-state index is 0.0402. The zero-order valence-corrected chi connectivity index (χ0v) is 14.6. The highest BCUT2D eigenvalue weighted by molar-refractivity contribution is 9.10. The predicted octanol–water partition coefficient (Wildman–Crippen LogP) is 1.55. The number of hydrogen-bond donors (Lipinski definition) is 2. The Bertz CT molecular complexity index is 490. The molecule has 1 aliphatic heterocycles. The van der Waals surface area contributed by atoms with Gasteiger partial charge in [-0.25, -0.2) is 0 Å². The van der Waals surface area contributed by atoms with Crippen molar-refractivity contribution < 1.29 is 9.53 Å².